The van der Waals surface area contributed by atoms with Crippen LogP contribution in [0.1, 0.15) is 22.8 Å². The molecule has 18 heavy (non-hydrogen) atoms. The summed E-state index contributed by atoms with van der Waals surface area (Å²) in [5.74, 6) is -0.0621. The fourth-order valence-electron chi connectivity index (χ4n) is 1.66. The number of aryl methyl sites for hydroxylation is 3. The van der Waals surface area contributed by atoms with E-state index in [1.807, 2.05) is 0 Å². The molecule has 0 aromatic carbocycles. The smallest absolute Gasteiger partial charge is 0.216 e. The van der Waals surface area contributed by atoms with Crippen molar-refractivity contribution >= 4 is 0 Å². The lowest BCUT2D eigenvalue weighted by molar-refractivity contribution is -0.142. The molecule has 0 N–H and O–H groups in total. The molecule has 2 heterocycles. The fourth-order valence-corrected chi connectivity index (χ4v) is 1.66. The van der Waals surface area contributed by atoms with E-state index in [-0.39, 0.29) is 11.6 Å². The molecule has 0 radical (unpaired) electrons. The van der Waals surface area contributed by atoms with Crippen molar-refractivity contribution < 1.29 is 13.2 Å². The summed E-state index contributed by atoms with van der Waals surface area (Å²) in [7, 11) is 0. The maximum atomic E-state index is 12.8. The van der Waals surface area contributed by atoms with Crippen LogP contribution in [-0.2, 0) is 6.18 Å². The molecule has 96 valence electrons. The zero-order chi connectivity index (χ0) is 13.5. The van der Waals surface area contributed by atoms with Crippen LogP contribution in [0.2, 0.25) is 0 Å². The molecule has 2 aromatic heterocycles. The Morgan fingerprint density at radius 3 is 2.00 bits per heavy atom. The number of hydrogen-bond donors (Lipinski definition) is 0. The molecule has 2 aromatic rings. The molecule has 0 spiro atoms. The Bertz CT molecular complexity index is 566. The molecule has 0 bridgehead atoms. The average molecular weight is 256 g/mol. The van der Waals surface area contributed by atoms with Crippen LogP contribution in [0, 0.1) is 20.8 Å². The maximum absolute atomic E-state index is 12.8. The summed E-state index contributed by atoms with van der Waals surface area (Å²) in [4.78, 5) is 7.96. The Labute approximate surface area is 101 Å². The first-order valence-electron chi connectivity index (χ1n) is 5.24. The second-order valence-corrected chi connectivity index (χ2v) is 4.03. The van der Waals surface area contributed by atoms with E-state index in [9.17, 15) is 13.2 Å². The van der Waals surface area contributed by atoms with Gasteiger partial charge in [0.2, 0.25) is 0 Å². The number of nitrogens with zero attached hydrogens (tertiary/aromatic N) is 4. The maximum Gasteiger partial charge on any atom is 0.433 e. The molecular formula is C11H11F3N4. The molecule has 2 rings (SSSR count). The van der Waals surface area contributed by atoms with Crippen LogP contribution in [0.4, 0.5) is 13.2 Å². The Hall–Kier alpha value is -1.92. The molecule has 0 aliphatic carbocycles. The lowest BCUT2D eigenvalue weighted by atomic mass is 10.3. The molecular weight excluding hydrogens is 245 g/mol. The second-order valence-electron chi connectivity index (χ2n) is 4.03. The minimum absolute atomic E-state index is 0.0621. The number of rotatable bonds is 1. The van der Waals surface area contributed by atoms with Gasteiger partial charge in [0.05, 0.1) is 5.69 Å². The van der Waals surface area contributed by atoms with Gasteiger partial charge in [-0.05, 0) is 32.9 Å². The minimum Gasteiger partial charge on any atom is -0.216 e. The molecule has 0 aliphatic rings. The predicted octanol–water partition coefficient (Wildman–Crippen LogP) is 2.61. The van der Waals surface area contributed by atoms with E-state index in [4.69, 9.17) is 0 Å². The summed E-state index contributed by atoms with van der Waals surface area (Å²) >= 11 is 0. The molecule has 7 heteroatoms. The lowest BCUT2D eigenvalue weighted by Crippen LogP contribution is -2.16. The highest BCUT2D eigenvalue weighted by Gasteiger charge is 2.36. The van der Waals surface area contributed by atoms with Crippen LogP contribution in [0.5, 0.6) is 0 Å². The van der Waals surface area contributed by atoms with Gasteiger partial charge in [0.1, 0.15) is 0 Å². The Morgan fingerprint density at radius 1 is 0.944 bits per heavy atom. The van der Waals surface area contributed by atoms with Gasteiger partial charge in [-0.1, -0.05) is 0 Å². The predicted molar refractivity (Wildman–Crippen MR) is 58.4 cm³/mol. The van der Waals surface area contributed by atoms with Gasteiger partial charge in [-0.25, -0.2) is 9.97 Å². The van der Waals surface area contributed by atoms with Gasteiger partial charge in [0.25, 0.3) is 5.95 Å². The molecule has 0 fully saturated rings. The molecule has 0 amide bonds. The fraction of sp³-hybridized carbons (Fsp3) is 0.364. The van der Waals surface area contributed by atoms with Crippen LogP contribution in [0.25, 0.3) is 5.95 Å². The second kappa shape index (κ2) is 4.08. The largest absolute Gasteiger partial charge is 0.433 e. The quantitative estimate of drug-likeness (QED) is 0.787. The minimum atomic E-state index is -4.48. The van der Waals surface area contributed by atoms with Crippen LogP contribution in [0.3, 0.4) is 0 Å². The zero-order valence-corrected chi connectivity index (χ0v) is 10.1. The Kier molecular flexibility index (Phi) is 2.84. The van der Waals surface area contributed by atoms with Gasteiger partial charge in [0.15, 0.2) is 5.69 Å². The van der Waals surface area contributed by atoms with Crippen LogP contribution < -0.4 is 0 Å². The third-order valence-electron chi connectivity index (χ3n) is 2.28. The average Bonchev–Trinajstić information content (AvgIpc) is 2.58. The van der Waals surface area contributed by atoms with E-state index < -0.39 is 11.9 Å². The summed E-state index contributed by atoms with van der Waals surface area (Å²) in [5.41, 5.74) is 0.590. The van der Waals surface area contributed by atoms with Gasteiger partial charge >= 0.3 is 6.18 Å². The number of hydrogen-bond acceptors (Lipinski definition) is 3. The lowest BCUT2D eigenvalue weighted by Gasteiger charge is -2.09. The Morgan fingerprint density at radius 2 is 1.50 bits per heavy atom. The molecule has 0 atom stereocenters. The summed E-state index contributed by atoms with van der Waals surface area (Å²) < 4.78 is 39.2. The normalized spacial score (nSPS) is 11.9. The van der Waals surface area contributed by atoms with Crippen molar-refractivity contribution in [2.75, 3.05) is 0 Å². The highest BCUT2D eigenvalue weighted by molar-refractivity contribution is 5.24. The highest BCUT2D eigenvalue weighted by atomic mass is 19.4. The number of alkyl halides is 3. The van der Waals surface area contributed by atoms with Crippen molar-refractivity contribution in [1.29, 1.82) is 0 Å². The van der Waals surface area contributed by atoms with E-state index >= 15 is 0 Å². The van der Waals surface area contributed by atoms with Gasteiger partial charge in [-0.15, -0.1) is 0 Å². The van der Waals surface area contributed by atoms with E-state index in [0.29, 0.717) is 11.4 Å². The van der Waals surface area contributed by atoms with Crippen molar-refractivity contribution in [3.8, 4) is 5.95 Å². The van der Waals surface area contributed by atoms with Gasteiger partial charge in [0, 0.05) is 11.4 Å². The standard InChI is InChI=1S/C11H11F3N4/c1-6-4-7(2)16-10(15-6)18-9(11(12,13)14)5-8(3)17-18/h4-5H,1-3H3. The highest BCUT2D eigenvalue weighted by Crippen LogP contribution is 2.30. The van der Waals surface area contributed by atoms with Crippen molar-refractivity contribution in [3.05, 3.63) is 34.9 Å². The zero-order valence-electron chi connectivity index (χ0n) is 10.1. The summed E-state index contributed by atoms with van der Waals surface area (Å²) in [5, 5.41) is 3.80. The van der Waals surface area contributed by atoms with Crippen LogP contribution in [-0.4, -0.2) is 19.7 Å². The summed E-state index contributed by atoms with van der Waals surface area (Å²) in [6.07, 6.45) is -4.48. The SMILES string of the molecule is Cc1cc(C)nc(-n2nc(C)cc2C(F)(F)F)n1. The molecule has 0 saturated carbocycles. The van der Waals surface area contributed by atoms with Gasteiger partial charge < -0.3 is 0 Å². The number of halogens is 3. The van der Waals surface area contributed by atoms with Crippen LogP contribution in [0.15, 0.2) is 12.1 Å². The van der Waals surface area contributed by atoms with Gasteiger partial charge in [-0.2, -0.15) is 23.0 Å². The molecule has 0 aliphatic heterocycles. The van der Waals surface area contributed by atoms with Crippen molar-refractivity contribution in [2.24, 2.45) is 0 Å². The van der Waals surface area contributed by atoms with E-state index in [1.54, 1.807) is 19.9 Å². The third kappa shape index (κ3) is 2.34. The first-order chi connectivity index (χ1) is 8.27. The van der Waals surface area contributed by atoms with Gasteiger partial charge in [-0.3, -0.25) is 0 Å². The summed E-state index contributed by atoms with van der Waals surface area (Å²) in [6.45, 7) is 4.89. The van der Waals surface area contributed by atoms with Crippen molar-refractivity contribution in [2.45, 2.75) is 26.9 Å². The molecule has 0 saturated heterocycles. The molecule has 0 unspecified atom stereocenters. The monoisotopic (exact) mass is 256 g/mol. The first-order valence-corrected chi connectivity index (χ1v) is 5.24. The van der Waals surface area contributed by atoms with Crippen molar-refractivity contribution in [3.63, 3.8) is 0 Å². The first kappa shape index (κ1) is 12.5. The van der Waals surface area contributed by atoms with E-state index in [2.05, 4.69) is 15.1 Å². The van der Waals surface area contributed by atoms with Crippen molar-refractivity contribution in [1.82, 2.24) is 19.7 Å². The van der Waals surface area contributed by atoms with E-state index in [1.165, 1.54) is 6.92 Å². The third-order valence-corrected chi connectivity index (χ3v) is 2.28. The molecule has 4 nitrogen and oxygen atoms in total. The summed E-state index contributed by atoms with van der Waals surface area (Å²) in [6, 6.07) is 2.66. The van der Waals surface area contributed by atoms with E-state index in [0.717, 1.165) is 10.7 Å². The Balaban J connectivity index is 2.63. The topological polar surface area (TPSA) is 43.6 Å². The van der Waals surface area contributed by atoms with Crippen LogP contribution >= 0.6 is 0 Å². The number of aromatic nitrogens is 4.